The average Bonchev–Trinajstić information content (AvgIpc) is 3.16. The van der Waals surface area contributed by atoms with Crippen LogP contribution in [0.15, 0.2) is 66.3 Å². The Bertz CT molecular complexity index is 1080. The third-order valence-corrected chi connectivity index (χ3v) is 6.44. The molecule has 3 aromatic rings. The van der Waals surface area contributed by atoms with Crippen LogP contribution in [0.4, 0.5) is 5.69 Å². The zero-order valence-corrected chi connectivity index (χ0v) is 19.3. The zero-order valence-electron chi connectivity index (χ0n) is 17.7. The molecule has 3 rings (SSSR count). The number of thioether (sulfide) groups is 2. The highest BCUT2D eigenvalue weighted by molar-refractivity contribution is 7.99. The maximum absolute atomic E-state index is 12.3. The molecule has 0 spiro atoms. The van der Waals surface area contributed by atoms with Crippen LogP contribution in [0.5, 0.6) is 0 Å². The lowest BCUT2D eigenvalue weighted by molar-refractivity contribution is -0.113. The molecular formula is C23H24N4O3S2. The van der Waals surface area contributed by atoms with E-state index in [4.69, 9.17) is 5.11 Å². The summed E-state index contributed by atoms with van der Waals surface area (Å²) in [6, 6.07) is 14.5. The van der Waals surface area contributed by atoms with Crippen LogP contribution in [0.3, 0.4) is 0 Å². The SMILES string of the molecule is C=CCn1c(CSCc2ccc(C)cc2)nnc1SCC(=O)Nc1ccc(C(=O)O)cc1. The molecule has 166 valence electrons. The molecule has 0 atom stereocenters. The molecule has 0 saturated heterocycles. The van der Waals surface area contributed by atoms with Crippen LogP contribution >= 0.6 is 23.5 Å². The summed E-state index contributed by atoms with van der Waals surface area (Å²) in [5.74, 6) is 1.37. The normalized spacial score (nSPS) is 10.7. The molecule has 0 radical (unpaired) electrons. The summed E-state index contributed by atoms with van der Waals surface area (Å²) in [7, 11) is 0. The van der Waals surface area contributed by atoms with Crippen molar-refractivity contribution in [2.24, 2.45) is 0 Å². The number of aromatic carboxylic acids is 1. The van der Waals surface area contributed by atoms with Gasteiger partial charge in [-0.2, -0.15) is 0 Å². The number of nitrogens with zero attached hydrogens (tertiary/aromatic N) is 3. The number of carboxylic acid groups (broad SMARTS) is 1. The third-order valence-electron chi connectivity index (χ3n) is 4.47. The van der Waals surface area contributed by atoms with Crippen LogP contribution in [0.1, 0.15) is 27.3 Å². The molecule has 0 aliphatic heterocycles. The molecule has 0 fully saturated rings. The summed E-state index contributed by atoms with van der Waals surface area (Å²) in [4.78, 5) is 23.2. The number of allylic oxidation sites excluding steroid dienone is 1. The van der Waals surface area contributed by atoms with Gasteiger partial charge in [-0.25, -0.2) is 4.79 Å². The highest BCUT2D eigenvalue weighted by Gasteiger charge is 2.14. The minimum absolute atomic E-state index is 0.159. The van der Waals surface area contributed by atoms with E-state index in [1.165, 1.54) is 35.0 Å². The van der Waals surface area contributed by atoms with Gasteiger partial charge in [0.15, 0.2) is 5.16 Å². The molecule has 2 aromatic carbocycles. The van der Waals surface area contributed by atoms with Crippen molar-refractivity contribution in [2.75, 3.05) is 11.1 Å². The molecule has 2 N–H and O–H groups in total. The maximum Gasteiger partial charge on any atom is 0.335 e. The number of rotatable bonds is 11. The van der Waals surface area contributed by atoms with E-state index in [1.807, 2.05) is 4.57 Å². The Labute approximate surface area is 195 Å². The monoisotopic (exact) mass is 468 g/mol. The molecule has 1 amide bonds. The van der Waals surface area contributed by atoms with E-state index in [-0.39, 0.29) is 17.2 Å². The molecule has 1 heterocycles. The lowest BCUT2D eigenvalue weighted by Crippen LogP contribution is -2.15. The van der Waals surface area contributed by atoms with Crippen molar-refractivity contribution in [3.8, 4) is 0 Å². The summed E-state index contributed by atoms with van der Waals surface area (Å²) in [6.07, 6.45) is 1.78. The second-order valence-corrected chi connectivity index (χ2v) is 8.92. The number of aromatic nitrogens is 3. The topological polar surface area (TPSA) is 97.1 Å². The Balaban J connectivity index is 1.54. The standard InChI is InChI=1S/C23H24N4O3S2/c1-3-12-27-20(14-31-13-17-6-4-16(2)5-7-17)25-26-23(27)32-15-21(28)24-19-10-8-18(9-11-19)22(29)30/h3-11H,1,12-15H2,2H3,(H,24,28)(H,29,30). The second-order valence-electron chi connectivity index (χ2n) is 7.00. The van der Waals surface area contributed by atoms with Gasteiger partial charge in [0.05, 0.1) is 17.1 Å². The first-order valence-electron chi connectivity index (χ1n) is 9.88. The fourth-order valence-corrected chi connectivity index (χ4v) is 4.51. The molecule has 1 aromatic heterocycles. The summed E-state index contributed by atoms with van der Waals surface area (Å²) in [6.45, 7) is 6.45. The Morgan fingerprint density at radius 3 is 2.47 bits per heavy atom. The Hall–Kier alpha value is -3.04. The molecule has 0 unspecified atom stereocenters. The number of benzene rings is 2. The molecule has 32 heavy (non-hydrogen) atoms. The van der Waals surface area contributed by atoms with Crippen LogP contribution < -0.4 is 5.32 Å². The number of anilines is 1. The number of carbonyl (C=O) groups excluding carboxylic acids is 1. The lowest BCUT2D eigenvalue weighted by Gasteiger charge is -2.08. The van der Waals surface area contributed by atoms with Gasteiger partial charge in [-0.1, -0.05) is 47.7 Å². The number of hydrogen-bond donors (Lipinski definition) is 2. The first-order chi connectivity index (χ1) is 15.5. The highest BCUT2D eigenvalue weighted by atomic mass is 32.2. The summed E-state index contributed by atoms with van der Waals surface area (Å²) in [5.41, 5.74) is 3.22. The van der Waals surface area contributed by atoms with Gasteiger partial charge in [0.2, 0.25) is 5.91 Å². The first-order valence-corrected chi connectivity index (χ1v) is 12.0. The van der Waals surface area contributed by atoms with Crippen LogP contribution in [0.2, 0.25) is 0 Å². The quantitative estimate of drug-likeness (QED) is 0.313. The van der Waals surface area contributed by atoms with Gasteiger partial charge in [-0.3, -0.25) is 4.79 Å². The molecule has 0 bridgehead atoms. The number of amides is 1. The second kappa shape index (κ2) is 11.5. The minimum atomic E-state index is -1.01. The van der Waals surface area contributed by atoms with Crippen molar-refractivity contribution >= 4 is 41.1 Å². The maximum atomic E-state index is 12.3. The number of aryl methyl sites for hydroxylation is 1. The molecule has 0 aliphatic carbocycles. The van der Waals surface area contributed by atoms with Gasteiger partial charge in [0, 0.05) is 18.0 Å². The van der Waals surface area contributed by atoms with Crippen LogP contribution in [-0.2, 0) is 22.8 Å². The van der Waals surface area contributed by atoms with Gasteiger partial charge in [-0.15, -0.1) is 28.5 Å². The van der Waals surface area contributed by atoms with E-state index in [0.29, 0.717) is 23.1 Å². The fraction of sp³-hybridized carbons (Fsp3) is 0.217. The summed E-state index contributed by atoms with van der Waals surface area (Å²) < 4.78 is 1.97. The van der Waals surface area contributed by atoms with Crippen molar-refractivity contribution in [3.05, 3.63) is 83.7 Å². The van der Waals surface area contributed by atoms with Gasteiger partial charge in [-0.05, 0) is 36.8 Å². The number of nitrogens with one attached hydrogen (secondary N) is 1. The van der Waals surface area contributed by atoms with Crippen molar-refractivity contribution in [1.29, 1.82) is 0 Å². The van der Waals surface area contributed by atoms with E-state index in [9.17, 15) is 9.59 Å². The largest absolute Gasteiger partial charge is 0.478 e. The van der Waals surface area contributed by atoms with E-state index in [2.05, 4.69) is 53.3 Å². The Morgan fingerprint density at radius 2 is 1.81 bits per heavy atom. The first kappa shape index (κ1) is 23.6. The zero-order chi connectivity index (χ0) is 22.9. The number of carboxylic acids is 1. The molecule has 7 nitrogen and oxygen atoms in total. The van der Waals surface area contributed by atoms with Crippen molar-refractivity contribution in [1.82, 2.24) is 14.8 Å². The van der Waals surface area contributed by atoms with E-state index >= 15 is 0 Å². The summed E-state index contributed by atoms with van der Waals surface area (Å²) in [5, 5.41) is 20.9. The van der Waals surface area contributed by atoms with E-state index in [0.717, 1.165) is 11.6 Å². The average molecular weight is 469 g/mol. The predicted molar refractivity (Wildman–Crippen MR) is 129 cm³/mol. The van der Waals surface area contributed by atoms with Gasteiger partial charge in [0.1, 0.15) is 5.82 Å². The summed E-state index contributed by atoms with van der Waals surface area (Å²) >= 11 is 3.06. The van der Waals surface area contributed by atoms with Crippen LogP contribution in [0, 0.1) is 6.92 Å². The Morgan fingerprint density at radius 1 is 1.09 bits per heavy atom. The fourth-order valence-electron chi connectivity index (χ4n) is 2.81. The van der Waals surface area contributed by atoms with Gasteiger partial charge >= 0.3 is 5.97 Å². The van der Waals surface area contributed by atoms with Crippen molar-refractivity contribution in [3.63, 3.8) is 0 Å². The molecular weight excluding hydrogens is 444 g/mol. The molecule has 0 saturated carbocycles. The molecule has 9 heteroatoms. The van der Waals surface area contributed by atoms with Crippen molar-refractivity contribution < 1.29 is 14.7 Å². The lowest BCUT2D eigenvalue weighted by atomic mass is 10.2. The number of hydrogen-bond acceptors (Lipinski definition) is 6. The highest BCUT2D eigenvalue weighted by Crippen LogP contribution is 2.22. The Kier molecular flexibility index (Phi) is 8.52. The van der Waals surface area contributed by atoms with Crippen LogP contribution in [-0.4, -0.2) is 37.5 Å². The van der Waals surface area contributed by atoms with Crippen molar-refractivity contribution in [2.45, 2.75) is 30.1 Å². The number of carbonyl (C=O) groups is 2. The van der Waals surface area contributed by atoms with E-state index in [1.54, 1.807) is 30.0 Å². The van der Waals surface area contributed by atoms with Gasteiger partial charge in [0.25, 0.3) is 0 Å². The van der Waals surface area contributed by atoms with Gasteiger partial charge < -0.3 is 15.0 Å². The predicted octanol–water partition coefficient (Wildman–Crippen LogP) is 4.63. The molecule has 0 aliphatic rings. The smallest absolute Gasteiger partial charge is 0.335 e. The third kappa shape index (κ3) is 6.73. The van der Waals surface area contributed by atoms with Crippen LogP contribution in [0.25, 0.3) is 0 Å². The minimum Gasteiger partial charge on any atom is -0.478 e. The van der Waals surface area contributed by atoms with E-state index < -0.39 is 5.97 Å².